The van der Waals surface area contributed by atoms with Crippen LogP contribution in [0.2, 0.25) is 0 Å². The van der Waals surface area contributed by atoms with E-state index in [9.17, 15) is 4.79 Å². The van der Waals surface area contributed by atoms with Gasteiger partial charge in [-0.05, 0) is 82.0 Å². The molecule has 0 bridgehead atoms. The number of rotatable bonds is 9. The molecule has 0 spiro atoms. The first-order valence-electron chi connectivity index (χ1n) is 15.9. The quantitative estimate of drug-likeness (QED) is 0.333. The highest BCUT2D eigenvalue weighted by atomic mass is 16.5. The van der Waals surface area contributed by atoms with Crippen molar-refractivity contribution in [3.63, 3.8) is 0 Å². The third kappa shape index (κ3) is 7.11. The number of methoxy groups -OCH3 is 1. The first kappa shape index (κ1) is 30.2. The Bertz CT molecular complexity index is 1380. The summed E-state index contributed by atoms with van der Waals surface area (Å²) in [6.45, 7) is 6.78. The number of anilines is 4. The van der Waals surface area contributed by atoms with Gasteiger partial charge in [-0.15, -0.1) is 0 Å². The lowest BCUT2D eigenvalue weighted by Crippen LogP contribution is -2.52. The topological polar surface area (TPSA) is 125 Å². The fourth-order valence-corrected chi connectivity index (χ4v) is 6.71. The van der Waals surface area contributed by atoms with Crippen molar-refractivity contribution in [3.8, 4) is 11.3 Å². The number of ether oxygens (including phenoxy) is 1. The van der Waals surface area contributed by atoms with Gasteiger partial charge in [-0.3, -0.25) is 14.7 Å². The van der Waals surface area contributed by atoms with Gasteiger partial charge in [0.15, 0.2) is 17.3 Å². The Morgan fingerprint density at radius 2 is 1.55 bits per heavy atom. The molecule has 0 radical (unpaired) electrons. The summed E-state index contributed by atoms with van der Waals surface area (Å²) >= 11 is 0. The van der Waals surface area contributed by atoms with E-state index >= 15 is 0 Å². The van der Waals surface area contributed by atoms with Crippen molar-refractivity contribution in [2.24, 2.45) is 5.73 Å². The number of carbonyl (C=O) groups is 1. The molecule has 1 aromatic carbocycles. The molecule has 2 aliphatic heterocycles. The number of amides is 1. The summed E-state index contributed by atoms with van der Waals surface area (Å²) in [5, 5.41) is 6.95. The van der Waals surface area contributed by atoms with Gasteiger partial charge in [0, 0.05) is 87.8 Å². The first-order chi connectivity index (χ1) is 21.5. The molecule has 4 N–H and O–H groups in total. The molecule has 234 valence electrons. The van der Waals surface area contributed by atoms with Crippen molar-refractivity contribution in [1.82, 2.24) is 24.8 Å². The van der Waals surface area contributed by atoms with Crippen LogP contribution in [-0.2, 0) is 4.74 Å². The highest BCUT2D eigenvalue weighted by molar-refractivity contribution is 5.97. The Balaban J connectivity index is 1.18. The minimum atomic E-state index is -0.637. The van der Waals surface area contributed by atoms with Crippen LogP contribution in [-0.4, -0.2) is 102 Å². The lowest BCUT2D eigenvalue weighted by atomic mass is 9.93. The summed E-state index contributed by atoms with van der Waals surface area (Å²) in [6.07, 6.45) is 9.97. The number of nitrogens with zero attached hydrogens (tertiary/aromatic N) is 6. The monoisotopic (exact) mass is 599 g/mol. The fourth-order valence-electron chi connectivity index (χ4n) is 6.71. The predicted octanol–water partition coefficient (Wildman–Crippen LogP) is 3.97. The smallest absolute Gasteiger partial charge is 0.271 e. The number of piperazine rings is 1. The van der Waals surface area contributed by atoms with E-state index < -0.39 is 5.91 Å². The van der Waals surface area contributed by atoms with Crippen LogP contribution in [0.3, 0.4) is 0 Å². The van der Waals surface area contributed by atoms with Crippen molar-refractivity contribution < 1.29 is 9.53 Å². The Hall–Kier alpha value is -3.80. The molecule has 1 saturated carbocycles. The second kappa shape index (κ2) is 13.9. The number of benzene rings is 1. The van der Waals surface area contributed by atoms with E-state index in [2.05, 4.69) is 49.5 Å². The third-order valence-corrected chi connectivity index (χ3v) is 9.45. The number of hydrogen-bond donors (Lipinski definition) is 3. The molecule has 11 heteroatoms. The molecule has 3 aromatic rings. The Labute approximate surface area is 260 Å². The normalized spacial score (nSPS) is 22.1. The summed E-state index contributed by atoms with van der Waals surface area (Å²) in [4.78, 5) is 34.0. The van der Waals surface area contributed by atoms with Gasteiger partial charge in [0.05, 0.1) is 6.10 Å². The molecule has 2 saturated heterocycles. The van der Waals surface area contributed by atoms with Crippen molar-refractivity contribution in [2.45, 2.75) is 56.7 Å². The molecular formula is C33H45N9O2. The maximum atomic E-state index is 12.6. The maximum absolute atomic E-state index is 12.6. The van der Waals surface area contributed by atoms with E-state index in [-0.39, 0.29) is 11.7 Å². The van der Waals surface area contributed by atoms with E-state index in [1.807, 2.05) is 24.3 Å². The lowest BCUT2D eigenvalue weighted by Gasteiger charge is -2.42. The van der Waals surface area contributed by atoms with Gasteiger partial charge in [0.1, 0.15) is 5.69 Å². The van der Waals surface area contributed by atoms with Crippen molar-refractivity contribution >= 4 is 28.9 Å². The standard InChI is InChI=1S/C33H45N9O2/c1-40-19-21-42(22-20-40)27-13-17-41(18-14-27)26-7-3-24(4-8-26)37-33-30(31(34)43)38-29(23-11-15-35-16-12-23)32(39-33)36-25-5-9-28(44-2)10-6-25/h3-4,7-8,11-12,15-16,25,27-28H,5-6,9-10,13-14,17-22H2,1-2H3,(H2,34,43)(H2,36,37,39)/t25-,28-. The molecule has 11 nitrogen and oxygen atoms in total. The summed E-state index contributed by atoms with van der Waals surface area (Å²) in [5.41, 5.74) is 9.35. The second-order valence-electron chi connectivity index (χ2n) is 12.3. The summed E-state index contributed by atoms with van der Waals surface area (Å²) in [7, 11) is 3.98. The Kier molecular flexibility index (Phi) is 9.54. The van der Waals surface area contributed by atoms with Crippen LogP contribution in [0.4, 0.5) is 23.0 Å². The van der Waals surface area contributed by atoms with Gasteiger partial charge in [-0.25, -0.2) is 9.97 Å². The van der Waals surface area contributed by atoms with Gasteiger partial charge in [-0.1, -0.05) is 0 Å². The van der Waals surface area contributed by atoms with E-state index in [1.54, 1.807) is 19.5 Å². The molecule has 1 amide bonds. The van der Waals surface area contributed by atoms with Crippen LogP contribution in [0, 0.1) is 0 Å². The molecule has 4 heterocycles. The molecule has 1 aliphatic carbocycles. The summed E-state index contributed by atoms with van der Waals surface area (Å²) in [5.74, 6) is 0.316. The lowest BCUT2D eigenvalue weighted by molar-refractivity contribution is 0.0681. The molecule has 3 fully saturated rings. The van der Waals surface area contributed by atoms with E-state index in [0.717, 1.165) is 63.1 Å². The van der Waals surface area contributed by atoms with Gasteiger partial charge in [0.25, 0.3) is 5.91 Å². The number of likely N-dealkylation sites (N-methyl/N-ethyl adjacent to an activating group) is 1. The highest BCUT2D eigenvalue weighted by Gasteiger charge is 2.27. The molecule has 3 aliphatic rings. The zero-order valence-electron chi connectivity index (χ0n) is 25.9. The molecule has 44 heavy (non-hydrogen) atoms. The molecule has 6 rings (SSSR count). The van der Waals surface area contributed by atoms with Crippen LogP contribution < -0.4 is 21.3 Å². The van der Waals surface area contributed by atoms with E-state index in [1.165, 1.54) is 31.6 Å². The minimum absolute atomic E-state index is 0.0977. The molecule has 0 atom stereocenters. The number of nitrogens with two attached hydrogens (primary N) is 1. The average molecular weight is 600 g/mol. The zero-order valence-corrected chi connectivity index (χ0v) is 25.9. The number of carbonyl (C=O) groups excluding carboxylic acids is 1. The Morgan fingerprint density at radius 3 is 2.18 bits per heavy atom. The second-order valence-corrected chi connectivity index (χ2v) is 12.3. The summed E-state index contributed by atoms with van der Waals surface area (Å²) in [6, 6.07) is 13.0. The Morgan fingerprint density at radius 1 is 0.864 bits per heavy atom. The predicted molar refractivity (Wildman–Crippen MR) is 174 cm³/mol. The fraction of sp³-hybridized carbons (Fsp3) is 0.515. The van der Waals surface area contributed by atoms with Crippen molar-refractivity contribution in [2.75, 3.05) is 69.0 Å². The maximum Gasteiger partial charge on any atom is 0.271 e. The molecule has 0 unspecified atom stereocenters. The van der Waals surface area contributed by atoms with Crippen LogP contribution in [0.1, 0.15) is 49.0 Å². The number of primary amides is 1. The third-order valence-electron chi connectivity index (χ3n) is 9.45. The highest BCUT2D eigenvalue weighted by Crippen LogP contribution is 2.32. The zero-order chi connectivity index (χ0) is 30.5. The van der Waals surface area contributed by atoms with Gasteiger partial charge in [-0.2, -0.15) is 0 Å². The average Bonchev–Trinajstić information content (AvgIpc) is 3.06. The SMILES string of the molecule is CO[C@H]1CC[C@H](Nc2nc(Nc3ccc(N4CCC(N5CCN(C)CC5)CC4)cc3)c(C(N)=O)nc2-c2ccncc2)CC1. The van der Waals surface area contributed by atoms with E-state index in [0.29, 0.717) is 29.5 Å². The van der Waals surface area contributed by atoms with Crippen LogP contribution >= 0.6 is 0 Å². The molecular weight excluding hydrogens is 554 g/mol. The van der Waals surface area contributed by atoms with Crippen molar-refractivity contribution in [3.05, 3.63) is 54.5 Å². The van der Waals surface area contributed by atoms with E-state index in [4.69, 9.17) is 20.4 Å². The minimum Gasteiger partial charge on any atom is -0.381 e. The van der Waals surface area contributed by atoms with Gasteiger partial charge >= 0.3 is 0 Å². The number of piperidine rings is 1. The number of pyridine rings is 1. The van der Waals surface area contributed by atoms with Gasteiger partial charge < -0.3 is 30.9 Å². The number of nitrogens with one attached hydrogen (secondary N) is 2. The number of aromatic nitrogens is 3. The number of hydrogen-bond acceptors (Lipinski definition) is 10. The molecule has 2 aromatic heterocycles. The summed E-state index contributed by atoms with van der Waals surface area (Å²) < 4.78 is 5.56. The van der Waals surface area contributed by atoms with Crippen LogP contribution in [0.15, 0.2) is 48.8 Å². The van der Waals surface area contributed by atoms with Crippen LogP contribution in [0.5, 0.6) is 0 Å². The largest absolute Gasteiger partial charge is 0.381 e. The first-order valence-corrected chi connectivity index (χ1v) is 15.9. The van der Waals surface area contributed by atoms with Crippen molar-refractivity contribution in [1.29, 1.82) is 0 Å². The van der Waals surface area contributed by atoms with Crippen LogP contribution in [0.25, 0.3) is 11.3 Å². The van der Waals surface area contributed by atoms with Gasteiger partial charge in [0.2, 0.25) is 0 Å².